The lowest BCUT2D eigenvalue weighted by Crippen LogP contribution is -2.35. The van der Waals surface area contributed by atoms with Gasteiger partial charge in [-0.25, -0.2) is 4.79 Å². The highest BCUT2D eigenvalue weighted by Crippen LogP contribution is 2.30. The largest absolute Gasteiger partial charge is 0.490 e. The summed E-state index contributed by atoms with van der Waals surface area (Å²) in [5, 5.41) is 15.2. The molecule has 3 N–H and O–H groups in total. The quantitative estimate of drug-likeness (QED) is 0.719. The first-order chi connectivity index (χ1) is 11.1. The minimum atomic E-state index is -0.496. The molecule has 0 aromatic heterocycles. The van der Waals surface area contributed by atoms with Crippen LogP contribution in [0, 0.1) is 6.92 Å². The van der Waals surface area contributed by atoms with Gasteiger partial charge in [0.25, 0.3) is 0 Å². The Hall–Kier alpha value is -1.75. The zero-order valence-electron chi connectivity index (χ0n) is 14.1. The van der Waals surface area contributed by atoms with E-state index < -0.39 is 6.10 Å². The molecule has 0 aliphatic heterocycles. The van der Waals surface area contributed by atoms with Crippen LogP contribution in [0.2, 0.25) is 0 Å². The van der Waals surface area contributed by atoms with Crippen molar-refractivity contribution in [2.24, 2.45) is 0 Å². The van der Waals surface area contributed by atoms with Gasteiger partial charge in [0.1, 0.15) is 5.75 Å². The van der Waals surface area contributed by atoms with E-state index >= 15 is 0 Å². The van der Waals surface area contributed by atoms with Gasteiger partial charge in [0.2, 0.25) is 0 Å². The fourth-order valence-electron chi connectivity index (χ4n) is 2.88. The van der Waals surface area contributed by atoms with Crippen LogP contribution in [0.3, 0.4) is 0 Å². The number of hydrogen-bond acceptors (Lipinski definition) is 3. The molecule has 1 unspecified atom stereocenters. The zero-order chi connectivity index (χ0) is 16.7. The highest BCUT2D eigenvalue weighted by molar-refractivity contribution is 5.90. The van der Waals surface area contributed by atoms with Crippen LogP contribution in [0.1, 0.15) is 51.0 Å². The van der Waals surface area contributed by atoms with Crippen LogP contribution in [0.5, 0.6) is 5.75 Å². The minimum absolute atomic E-state index is 0.261. The van der Waals surface area contributed by atoms with Crippen molar-refractivity contribution >= 4 is 11.7 Å². The Morgan fingerprint density at radius 1 is 1.39 bits per heavy atom. The number of aliphatic hydroxyl groups excluding tert-OH is 1. The van der Waals surface area contributed by atoms with Gasteiger partial charge in [-0.2, -0.15) is 0 Å². The van der Waals surface area contributed by atoms with Crippen LogP contribution >= 0.6 is 0 Å². The second kappa shape index (κ2) is 8.77. The lowest BCUT2D eigenvalue weighted by molar-refractivity contribution is 0.162. The molecule has 1 aromatic rings. The minimum Gasteiger partial charge on any atom is -0.490 e. The van der Waals surface area contributed by atoms with Crippen molar-refractivity contribution in [3.05, 3.63) is 23.8 Å². The molecule has 1 aliphatic rings. The van der Waals surface area contributed by atoms with E-state index in [1.54, 1.807) is 0 Å². The summed E-state index contributed by atoms with van der Waals surface area (Å²) < 4.78 is 6.05. The van der Waals surface area contributed by atoms with Crippen LogP contribution < -0.4 is 15.4 Å². The summed E-state index contributed by atoms with van der Waals surface area (Å²) in [5.41, 5.74) is 1.67. The normalized spacial score (nSPS) is 16.1. The molecule has 23 heavy (non-hydrogen) atoms. The van der Waals surface area contributed by atoms with E-state index in [9.17, 15) is 9.90 Å². The number of rotatable bonds is 7. The summed E-state index contributed by atoms with van der Waals surface area (Å²) in [7, 11) is 0. The number of amides is 2. The molecule has 2 amide bonds. The molecule has 1 aromatic carbocycles. The van der Waals surface area contributed by atoms with Gasteiger partial charge in [0.05, 0.1) is 12.2 Å². The van der Waals surface area contributed by atoms with Gasteiger partial charge in [-0.1, -0.05) is 19.4 Å². The second-order valence-electron chi connectivity index (χ2n) is 6.23. The van der Waals surface area contributed by atoms with Gasteiger partial charge < -0.3 is 20.5 Å². The van der Waals surface area contributed by atoms with Crippen LogP contribution in [-0.2, 0) is 0 Å². The first-order valence-electron chi connectivity index (χ1n) is 8.59. The molecule has 1 aliphatic carbocycles. The van der Waals surface area contributed by atoms with E-state index in [1.807, 2.05) is 32.0 Å². The molecule has 0 heterocycles. The standard InChI is InChI=1S/C18H28N2O3/c1-3-7-14(21)12-19-18(22)20-16-10-6-11-17(13(16)2)23-15-8-4-5-9-15/h6,10-11,14-15,21H,3-5,7-9,12H2,1-2H3,(H2,19,20,22). The Kier molecular flexibility index (Phi) is 6.71. The summed E-state index contributed by atoms with van der Waals surface area (Å²) in [6, 6.07) is 5.39. The monoisotopic (exact) mass is 320 g/mol. The number of urea groups is 1. The van der Waals surface area contributed by atoms with Gasteiger partial charge in [0.15, 0.2) is 0 Å². The van der Waals surface area contributed by atoms with E-state index in [2.05, 4.69) is 10.6 Å². The van der Waals surface area contributed by atoms with E-state index in [1.165, 1.54) is 12.8 Å². The Balaban J connectivity index is 1.90. The predicted octanol–water partition coefficient (Wildman–Crippen LogP) is 3.60. The van der Waals surface area contributed by atoms with Crippen molar-refractivity contribution in [3.63, 3.8) is 0 Å². The number of hydrogen-bond donors (Lipinski definition) is 3. The number of ether oxygens (including phenoxy) is 1. The van der Waals surface area contributed by atoms with Gasteiger partial charge in [-0.3, -0.25) is 0 Å². The number of carbonyl (C=O) groups excluding carboxylic acids is 1. The molecule has 128 valence electrons. The molecule has 1 fully saturated rings. The molecule has 5 heteroatoms. The van der Waals surface area contributed by atoms with Crippen molar-refractivity contribution in [1.82, 2.24) is 5.32 Å². The molecule has 2 rings (SSSR count). The van der Waals surface area contributed by atoms with Gasteiger partial charge in [-0.05, 0) is 51.2 Å². The molecule has 0 spiro atoms. The third kappa shape index (κ3) is 5.43. The van der Waals surface area contributed by atoms with Crippen LogP contribution in [0.25, 0.3) is 0 Å². The highest BCUT2D eigenvalue weighted by Gasteiger charge is 2.18. The maximum absolute atomic E-state index is 12.0. The predicted molar refractivity (Wildman–Crippen MR) is 92.0 cm³/mol. The molecule has 0 bridgehead atoms. The first kappa shape index (κ1) is 17.6. The van der Waals surface area contributed by atoms with E-state index in [0.29, 0.717) is 12.5 Å². The fourth-order valence-corrected chi connectivity index (χ4v) is 2.88. The molecular weight excluding hydrogens is 292 g/mol. The number of benzene rings is 1. The molecule has 1 saturated carbocycles. The molecule has 1 atom stereocenters. The lowest BCUT2D eigenvalue weighted by Gasteiger charge is -2.18. The van der Waals surface area contributed by atoms with Crippen LogP contribution in [0.15, 0.2) is 18.2 Å². The molecule has 0 saturated heterocycles. The van der Waals surface area contributed by atoms with Crippen molar-refractivity contribution < 1.29 is 14.6 Å². The van der Waals surface area contributed by atoms with Gasteiger partial charge >= 0.3 is 6.03 Å². The topological polar surface area (TPSA) is 70.6 Å². The second-order valence-corrected chi connectivity index (χ2v) is 6.23. The summed E-state index contributed by atoms with van der Waals surface area (Å²) in [6.45, 7) is 4.21. The third-order valence-corrected chi connectivity index (χ3v) is 4.25. The maximum Gasteiger partial charge on any atom is 0.319 e. The number of nitrogens with one attached hydrogen (secondary N) is 2. The molecular formula is C18H28N2O3. The van der Waals surface area contributed by atoms with Crippen LogP contribution in [0.4, 0.5) is 10.5 Å². The van der Waals surface area contributed by atoms with Gasteiger partial charge in [-0.15, -0.1) is 0 Å². The fraction of sp³-hybridized carbons (Fsp3) is 0.611. The Bertz CT molecular complexity index is 513. The maximum atomic E-state index is 12.0. The SMILES string of the molecule is CCCC(O)CNC(=O)Nc1cccc(OC2CCCC2)c1C. The van der Waals surface area contributed by atoms with Crippen LogP contribution in [-0.4, -0.2) is 29.9 Å². The van der Waals surface area contributed by atoms with Gasteiger partial charge in [0, 0.05) is 17.8 Å². The smallest absolute Gasteiger partial charge is 0.319 e. The van der Waals surface area contributed by atoms with E-state index in [-0.39, 0.29) is 12.6 Å². The average Bonchev–Trinajstić information content (AvgIpc) is 3.03. The zero-order valence-corrected chi connectivity index (χ0v) is 14.1. The summed E-state index contributed by atoms with van der Waals surface area (Å²) in [4.78, 5) is 12.0. The van der Waals surface area contributed by atoms with Crippen molar-refractivity contribution in [2.75, 3.05) is 11.9 Å². The van der Waals surface area contributed by atoms with E-state index in [4.69, 9.17) is 4.74 Å². The first-order valence-corrected chi connectivity index (χ1v) is 8.59. The summed E-state index contributed by atoms with van der Waals surface area (Å²) in [5.74, 6) is 0.834. The number of carbonyl (C=O) groups is 1. The Labute approximate surface area is 138 Å². The lowest BCUT2D eigenvalue weighted by atomic mass is 10.1. The van der Waals surface area contributed by atoms with Crippen molar-refractivity contribution in [2.45, 2.75) is 64.6 Å². The highest BCUT2D eigenvalue weighted by atomic mass is 16.5. The third-order valence-electron chi connectivity index (χ3n) is 4.25. The molecule has 5 nitrogen and oxygen atoms in total. The number of aliphatic hydroxyl groups is 1. The molecule has 0 radical (unpaired) electrons. The summed E-state index contributed by atoms with van der Waals surface area (Å²) >= 11 is 0. The number of anilines is 1. The summed E-state index contributed by atoms with van der Waals surface area (Å²) in [6.07, 6.45) is 6.04. The Morgan fingerprint density at radius 2 is 2.13 bits per heavy atom. The van der Waals surface area contributed by atoms with Crippen molar-refractivity contribution in [1.29, 1.82) is 0 Å². The Morgan fingerprint density at radius 3 is 2.83 bits per heavy atom. The van der Waals surface area contributed by atoms with E-state index in [0.717, 1.165) is 36.3 Å². The average molecular weight is 320 g/mol. The van der Waals surface area contributed by atoms with Crippen molar-refractivity contribution in [3.8, 4) is 5.75 Å².